The summed E-state index contributed by atoms with van der Waals surface area (Å²) in [5.74, 6) is -0.655. The second kappa shape index (κ2) is 6.46. The van der Waals surface area contributed by atoms with Crippen LogP contribution in [0.2, 0.25) is 0 Å². The molecule has 18 heavy (non-hydrogen) atoms. The molecule has 0 bridgehead atoms. The first-order valence-corrected chi connectivity index (χ1v) is 7.40. The normalized spacial score (nSPS) is 11.8. The lowest BCUT2D eigenvalue weighted by Crippen LogP contribution is -2.33. The zero-order valence-electron chi connectivity index (χ0n) is 9.73. The fourth-order valence-corrected chi connectivity index (χ4v) is 2.53. The van der Waals surface area contributed by atoms with Gasteiger partial charge in [-0.2, -0.15) is 12.7 Å². The molecule has 0 radical (unpaired) electrons. The van der Waals surface area contributed by atoms with Gasteiger partial charge in [0.1, 0.15) is 5.82 Å². The van der Waals surface area contributed by atoms with Crippen LogP contribution in [0, 0.1) is 5.82 Å². The molecule has 0 spiro atoms. The molecular weight excluding hydrogens is 327 g/mol. The van der Waals surface area contributed by atoms with Crippen molar-refractivity contribution in [3.8, 4) is 0 Å². The van der Waals surface area contributed by atoms with E-state index in [9.17, 15) is 12.8 Å². The van der Waals surface area contributed by atoms with E-state index in [1.54, 1.807) is 0 Å². The van der Waals surface area contributed by atoms with Crippen LogP contribution in [0.3, 0.4) is 0 Å². The highest BCUT2D eigenvalue weighted by Gasteiger charge is 2.18. The van der Waals surface area contributed by atoms with Gasteiger partial charge in [-0.1, -0.05) is 15.9 Å². The lowest BCUT2D eigenvalue weighted by molar-refractivity contribution is 0.276. The van der Waals surface area contributed by atoms with Gasteiger partial charge in [-0.3, -0.25) is 4.72 Å². The average Bonchev–Trinajstić information content (AvgIpc) is 2.30. The Balaban J connectivity index is 2.85. The third kappa shape index (κ3) is 4.20. The summed E-state index contributed by atoms with van der Waals surface area (Å²) in [6, 6.07) is 3.98. The molecule has 0 fully saturated rings. The molecule has 0 unspecified atom stereocenters. The first-order valence-electron chi connectivity index (χ1n) is 5.17. The number of nitrogens with one attached hydrogen (secondary N) is 1. The summed E-state index contributed by atoms with van der Waals surface area (Å²) in [5, 5.41) is 8.64. The molecule has 0 amide bonds. The topological polar surface area (TPSA) is 69.6 Å². The molecule has 102 valence electrons. The summed E-state index contributed by atoms with van der Waals surface area (Å²) in [7, 11) is -2.46. The lowest BCUT2D eigenvalue weighted by Gasteiger charge is -2.18. The van der Waals surface area contributed by atoms with E-state index in [1.807, 2.05) is 0 Å². The Bertz CT molecular complexity index is 510. The number of nitrogens with zero attached hydrogens (tertiary/aromatic N) is 1. The van der Waals surface area contributed by atoms with Crippen LogP contribution in [0.4, 0.5) is 10.1 Å². The second-order valence-electron chi connectivity index (χ2n) is 3.63. The van der Waals surface area contributed by atoms with Gasteiger partial charge < -0.3 is 5.11 Å². The van der Waals surface area contributed by atoms with E-state index in [0.717, 1.165) is 10.4 Å². The van der Waals surface area contributed by atoms with Crippen molar-refractivity contribution in [2.24, 2.45) is 0 Å². The fraction of sp³-hybridized carbons (Fsp3) is 0.400. The first kappa shape index (κ1) is 15.4. The molecule has 0 heterocycles. The Morgan fingerprint density at radius 3 is 2.78 bits per heavy atom. The van der Waals surface area contributed by atoms with Crippen molar-refractivity contribution in [3.63, 3.8) is 0 Å². The molecule has 0 atom stereocenters. The number of hydrogen-bond acceptors (Lipinski definition) is 3. The monoisotopic (exact) mass is 340 g/mol. The number of halogens is 2. The maximum Gasteiger partial charge on any atom is 0.301 e. The molecule has 2 N–H and O–H groups in total. The summed E-state index contributed by atoms with van der Waals surface area (Å²) < 4.78 is 40.8. The highest BCUT2D eigenvalue weighted by molar-refractivity contribution is 9.10. The van der Waals surface area contributed by atoms with Crippen LogP contribution in [-0.4, -0.2) is 38.0 Å². The van der Waals surface area contributed by atoms with Crippen molar-refractivity contribution in [2.75, 3.05) is 24.9 Å². The lowest BCUT2D eigenvalue weighted by atomic mass is 10.3. The van der Waals surface area contributed by atoms with Crippen LogP contribution in [-0.2, 0) is 10.2 Å². The number of hydrogen-bond donors (Lipinski definition) is 2. The largest absolute Gasteiger partial charge is 0.396 e. The Hall–Kier alpha value is -0.700. The Morgan fingerprint density at radius 2 is 2.17 bits per heavy atom. The molecule has 1 aromatic rings. The van der Waals surface area contributed by atoms with Gasteiger partial charge >= 0.3 is 10.2 Å². The van der Waals surface area contributed by atoms with E-state index in [4.69, 9.17) is 5.11 Å². The van der Waals surface area contributed by atoms with Crippen molar-refractivity contribution in [1.82, 2.24) is 4.31 Å². The van der Waals surface area contributed by atoms with Gasteiger partial charge in [0.15, 0.2) is 0 Å². The first-order chi connectivity index (χ1) is 8.36. The molecule has 1 rings (SSSR count). The molecular formula is C10H14BrFN2O3S. The average molecular weight is 341 g/mol. The number of rotatable bonds is 6. The van der Waals surface area contributed by atoms with Crippen molar-refractivity contribution in [2.45, 2.75) is 6.42 Å². The minimum Gasteiger partial charge on any atom is -0.396 e. The number of aliphatic hydroxyl groups is 1. The highest BCUT2D eigenvalue weighted by Crippen LogP contribution is 2.21. The van der Waals surface area contributed by atoms with Crippen LogP contribution in [0.1, 0.15) is 6.42 Å². The minimum absolute atomic E-state index is 0.106. The highest BCUT2D eigenvalue weighted by atomic mass is 79.9. The van der Waals surface area contributed by atoms with Gasteiger partial charge in [-0.05, 0) is 24.6 Å². The van der Waals surface area contributed by atoms with Crippen LogP contribution in [0.25, 0.3) is 0 Å². The van der Waals surface area contributed by atoms with Crippen LogP contribution < -0.4 is 4.72 Å². The molecule has 1 aromatic carbocycles. The maximum atomic E-state index is 13.4. The zero-order chi connectivity index (χ0) is 13.8. The molecule has 5 nitrogen and oxygen atoms in total. The predicted molar refractivity (Wildman–Crippen MR) is 71.0 cm³/mol. The van der Waals surface area contributed by atoms with Crippen molar-refractivity contribution >= 4 is 31.8 Å². The van der Waals surface area contributed by atoms with E-state index in [-0.39, 0.29) is 18.8 Å². The van der Waals surface area contributed by atoms with Crippen molar-refractivity contribution < 1.29 is 17.9 Å². The van der Waals surface area contributed by atoms with Gasteiger partial charge in [-0.15, -0.1) is 0 Å². The van der Waals surface area contributed by atoms with E-state index >= 15 is 0 Å². The van der Waals surface area contributed by atoms with Gasteiger partial charge in [0.2, 0.25) is 0 Å². The van der Waals surface area contributed by atoms with Crippen LogP contribution in [0.15, 0.2) is 22.7 Å². The Kier molecular flexibility index (Phi) is 5.51. The summed E-state index contributed by atoms with van der Waals surface area (Å²) in [4.78, 5) is 0. The minimum atomic E-state index is -3.81. The van der Waals surface area contributed by atoms with Gasteiger partial charge in [-0.25, -0.2) is 4.39 Å². The molecule has 8 heteroatoms. The van der Waals surface area contributed by atoms with Gasteiger partial charge in [0, 0.05) is 24.7 Å². The van der Waals surface area contributed by atoms with Gasteiger partial charge in [0.25, 0.3) is 0 Å². The summed E-state index contributed by atoms with van der Waals surface area (Å²) in [6.45, 7) is 0.0482. The predicted octanol–water partition coefficient (Wildman–Crippen LogP) is 1.56. The van der Waals surface area contributed by atoms with E-state index < -0.39 is 16.0 Å². The standard InChI is InChI=1S/C10H14BrFN2O3S/c1-14(5-2-6-15)18(16,17)13-10-7-8(11)3-4-9(10)12/h3-4,7,13,15H,2,5-6H2,1H3. The Morgan fingerprint density at radius 1 is 1.50 bits per heavy atom. The van der Waals surface area contributed by atoms with Crippen molar-refractivity contribution in [3.05, 3.63) is 28.5 Å². The van der Waals surface area contributed by atoms with Crippen molar-refractivity contribution in [1.29, 1.82) is 0 Å². The maximum absolute atomic E-state index is 13.4. The third-order valence-electron chi connectivity index (χ3n) is 2.21. The fourth-order valence-electron chi connectivity index (χ4n) is 1.21. The van der Waals surface area contributed by atoms with Crippen LogP contribution in [0.5, 0.6) is 0 Å². The number of aliphatic hydroxyl groups excluding tert-OH is 1. The third-order valence-corrected chi connectivity index (χ3v) is 4.18. The number of anilines is 1. The summed E-state index contributed by atoms with van der Waals surface area (Å²) in [5.41, 5.74) is -0.125. The summed E-state index contributed by atoms with van der Waals surface area (Å²) >= 11 is 3.13. The van der Waals surface area contributed by atoms with E-state index in [2.05, 4.69) is 20.7 Å². The summed E-state index contributed by atoms with van der Waals surface area (Å²) in [6.07, 6.45) is 0.318. The molecule has 0 aromatic heterocycles. The molecule has 0 aliphatic heterocycles. The van der Waals surface area contributed by atoms with E-state index in [0.29, 0.717) is 10.9 Å². The molecule has 0 saturated heterocycles. The second-order valence-corrected chi connectivity index (χ2v) is 6.32. The molecule has 0 aliphatic rings. The number of benzene rings is 1. The SMILES string of the molecule is CN(CCCO)S(=O)(=O)Nc1cc(Br)ccc1F. The zero-order valence-corrected chi connectivity index (χ0v) is 12.1. The van der Waals surface area contributed by atoms with Gasteiger partial charge in [0.05, 0.1) is 5.69 Å². The molecule has 0 saturated carbocycles. The Labute approximate surface area is 114 Å². The van der Waals surface area contributed by atoms with E-state index in [1.165, 1.54) is 19.2 Å². The van der Waals surface area contributed by atoms with Crippen LogP contribution >= 0.6 is 15.9 Å². The quantitative estimate of drug-likeness (QED) is 0.825. The molecule has 0 aliphatic carbocycles. The smallest absolute Gasteiger partial charge is 0.301 e.